The summed E-state index contributed by atoms with van der Waals surface area (Å²) < 4.78 is 10.6. The van der Waals surface area contributed by atoms with Gasteiger partial charge in [-0.25, -0.2) is 14.8 Å². The van der Waals surface area contributed by atoms with Crippen LogP contribution in [0.25, 0.3) is 27.8 Å². The number of benzene rings is 3. The number of fused-ring (bicyclic) bond motifs is 1. The van der Waals surface area contributed by atoms with Gasteiger partial charge in [-0.15, -0.1) is 0 Å². The molecule has 7 nitrogen and oxygen atoms in total. The molecule has 5 aromatic rings. The van der Waals surface area contributed by atoms with E-state index in [1.807, 2.05) is 68.0 Å². The van der Waals surface area contributed by atoms with E-state index in [1.54, 1.807) is 6.20 Å². The van der Waals surface area contributed by atoms with Gasteiger partial charge in [-0.3, -0.25) is 4.57 Å². The van der Waals surface area contributed by atoms with Gasteiger partial charge >= 0.3 is 5.97 Å². The molecule has 0 aliphatic rings. The van der Waals surface area contributed by atoms with Gasteiger partial charge in [0.15, 0.2) is 0 Å². The summed E-state index contributed by atoms with van der Waals surface area (Å²) in [6.07, 6.45) is 10.3. The highest BCUT2D eigenvalue weighted by Crippen LogP contribution is 2.36. The molecule has 3 aromatic carbocycles. The molecule has 5 rings (SSSR count). The zero-order chi connectivity index (χ0) is 28.1. The van der Waals surface area contributed by atoms with Gasteiger partial charge in [0.05, 0.1) is 29.7 Å². The SMILES string of the molecule is CCCCc1nc2c(C)ccc(OCCCCn3ccnc3)c2n1-c1ccc(-c2ccccc2)c(C(=O)O)c1C. The van der Waals surface area contributed by atoms with E-state index in [4.69, 9.17) is 9.72 Å². The van der Waals surface area contributed by atoms with Crippen molar-refractivity contribution < 1.29 is 14.6 Å². The summed E-state index contributed by atoms with van der Waals surface area (Å²) in [6.45, 7) is 7.60. The topological polar surface area (TPSA) is 82.2 Å². The maximum absolute atomic E-state index is 12.6. The molecule has 0 saturated heterocycles. The highest BCUT2D eigenvalue weighted by atomic mass is 16.5. The first-order chi connectivity index (χ1) is 19.5. The lowest BCUT2D eigenvalue weighted by molar-refractivity contribution is 0.0697. The highest BCUT2D eigenvalue weighted by molar-refractivity contribution is 5.99. The van der Waals surface area contributed by atoms with Gasteiger partial charge in [-0.1, -0.05) is 55.8 Å². The largest absolute Gasteiger partial charge is 0.491 e. The minimum absolute atomic E-state index is 0.307. The first kappa shape index (κ1) is 27.2. The smallest absolute Gasteiger partial charge is 0.336 e. The Hall–Kier alpha value is -4.39. The highest BCUT2D eigenvalue weighted by Gasteiger charge is 2.23. The third kappa shape index (κ3) is 5.50. The van der Waals surface area contributed by atoms with Crippen LogP contribution < -0.4 is 4.74 Å². The summed E-state index contributed by atoms with van der Waals surface area (Å²) >= 11 is 0. The molecule has 2 heterocycles. The summed E-state index contributed by atoms with van der Waals surface area (Å²) in [4.78, 5) is 21.8. The second-order valence-electron chi connectivity index (χ2n) is 10.2. The van der Waals surface area contributed by atoms with E-state index in [2.05, 4.69) is 34.0 Å². The Morgan fingerprint density at radius 3 is 2.55 bits per heavy atom. The molecule has 1 N–H and O–H groups in total. The summed E-state index contributed by atoms with van der Waals surface area (Å²) in [5.74, 6) is 0.744. The van der Waals surface area contributed by atoms with E-state index in [0.29, 0.717) is 23.3 Å². The lowest BCUT2D eigenvalue weighted by Crippen LogP contribution is -2.10. The average Bonchev–Trinajstić information content (AvgIpc) is 3.62. The summed E-state index contributed by atoms with van der Waals surface area (Å²) in [5.41, 5.74) is 6.28. The number of hydrogen-bond donors (Lipinski definition) is 1. The summed E-state index contributed by atoms with van der Waals surface area (Å²) in [6, 6.07) is 17.7. The molecular weight excluding hydrogens is 500 g/mol. The van der Waals surface area contributed by atoms with Crippen LogP contribution in [0.5, 0.6) is 5.75 Å². The van der Waals surface area contributed by atoms with Crippen LogP contribution in [-0.2, 0) is 13.0 Å². The zero-order valence-corrected chi connectivity index (χ0v) is 23.4. The summed E-state index contributed by atoms with van der Waals surface area (Å²) in [5, 5.41) is 10.3. The van der Waals surface area contributed by atoms with Gasteiger partial charge < -0.3 is 14.4 Å². The molecule has 206 valence electrons. The number of hydrogen-bond acceptors (Lipinski definition) is 4. The molecule has 0 amide bonds. The second kappa shape index (κ2) is 12.2. The van der Waals surface area contributed by atoms with Crippen molar-refractivity contribution >= 4 is 17.0 Å². The Morgan fingerprint density at radius 1 is 1.00 bits per heavy atom. The molecule has 2 aromatic heterocycles. The van der Waals surface area contributed by atoms with Gasteiger partial charge in [-0.2, -0.15) is 0 Å². The fraction of sp³-hybridized carbons (Fsp3) is 0.303. The average molecular weight is 537 g/mol. The first-order valence-electron chi connectivity index (χ1n) is 14.0. The fourth-order valence-electron chi connectivity index (χ4n) is 5.28. The third-order valence-electron chi connectivity index (χ3n) is 7.40. The molecule has 40 heavy (non-hydrogen) atoms. The van der Waals surface area contributed by atoms with Gasteiger partial charge in [0.2, 0.25) is 0 Å². The second-order valence-corrected chi connectivity index (χ2v) is 10.2. The van der Waals surface area contributed by atoms with Crippen molar-refractivity contribution in [3.8, 4) is 22.6 Å². The first-order valence-corrected chi connectivity index (χ1v) is 14.0. The Bertz CT molecular complexity index is 1600. The molecule has 0 atom stereocenters. The van der Waals surface area contributed by atoms with E-state index >= 15 is 0 Å². The predicted molar refractivity (Wildman–Crippen MR) is 159 cm³/mol. The van der Waals surface area contributed by atoms with Crippen LogP contribution >= 0.6 is 0 Å². The Labute approximate surface area is 235 Å². The van der Waals surface area contributed by atoms with Crippen molar-refractivity contribution in [2.24, 2.45) is 0 Å². The van der Waals surface area contributed by atoms with E-state index in [1.165, 1.54) is 0 Å². The van der Waals surface area contributed by atoms with Crippen molar-refractivity contribution in [3.05, 3.63) is 95.8 Å². The number of rotatable bonds is 12. The number of carboxylic acids is 1. The summed E-state index contributed by atoms with van der Waals surface area (Å²) in [7, 11) is 0. The lowest BCUT2D eigenvalue weighted by atomic mass is 9.94. The van der Waals surface area contributed by atoms with Crippen molar-refractivity contribution in [3.63, 3.8) is 0 Å². The van der Waals surface area contributed by atoms with E-state index in [0.717, 1.165) is 78.1 Å². The number of carboxylic acid groups (broad SMARTS) is 1. The molecular formula is C33H36N4O3. The van der Waals surface area contributed by atoms with Crippen LogP contribution in [-0.4, -0.2) is 36.8 Å². The molecule has 0 saturated carbocycles. The third-order valence-corrected chi connectivity index (χ3v) is 7.40. The Kier molecular flexibility index (Phi) is 8.29. The molecule has 0 unspecified atom stereocenters. The van der Waals surface area contributed by atoms with Crippen LogP contribution in [0.3, 0.4) is 0 Å². The molecule has 7 heteroatoms. The van der Waals surface area contributed by atoms with Gasteiger partial charge in [0.25, 0.3) is 0 Å². The number of carbonyl (C=O) groups is 1. The van der Waals surface area contributed by atoms with Crippen LogP contribution in [0.2, 0.25) is 0 Å². The van der Waals surface area contributed by atoms with E-state index < -0.39 is 5.97 Å². The van der Waals surface area contributed by atoms with E-state index in [-0.39, 0.29) is 0 Å². The molecule has 0 fully saturated rings. The van der Waals surface area contributed by atoms with Gasteiger partial charge in [0.1, 0.15) is 17.1 Å². The predicted octanol–water partition coefficient (Wildman–Crippen LogP) is 7.41. The standard InChI is InChI=1S/C33H36N4O3/c1-4-5-13-29-35-31-23(2)14-17-28(40-21-10-9-19-36-20-18-34-22-36)32(31)37(29)27-16-15-26(25-11-7-6-8-12-25)30(24(27)3)33(38)39/h6-8,11-12,14-18,20,22H,4-5,9-10,13,19,21H2,1-3H3,(H,38,39). The molecule has 0 spiro atoms. The van der Waals surface area contributed by atoms with Crippen molar-refractivity contribution in [1.29, 1.82) is 0 Å². The number of nitrogens with zero attached hydrogens (tertiary/aromatic N) is 4. The van der Waals surface area contributed by atoms with E-state index in [9.17, 15) is 9.90 Å². The zero-order valence-electron chi connectivity index (χ0n) is 23.4. The lowest BCUT2D eigenvalue weighted by Gasteiger charge is -2.18. The van der Waals surface area contributed by atoms with Crippen molar-refractivity contribution in [2.45, 2.75) is 59.4 Å². The number of aryl methyl sites for hydroxylation is 3. The number of unbranched alkanes of at least 4 members (excludes halogenated alkanes) is 2. The van der Waals surface area contributed by atoms with Crippen LogP contribution in [0.15, 0.2) is 73.3 Å². The van der Waals surface area contributed by atoms with Crippen LogP contribution in [0, 0.1) is 13.8 Å². The maximum atomic E-state index is 12.6. The van der Waals surface area contributed by atoms with Gasteiger partial charge in [0, 0.05) is 25.4 Å². The Morgan fingerprint density at radius 2 is 1.82 bits per heavy atom. The van der Waals surface area contributed by atoms with Crippen molar-refractivity contribution in [1.82, 2.24) is 19.1 Å². The fourth-order valence-corrected chi connectivity index (χ4v) is 5.28. The molecule has 0 bridgehead atoms. The van der Waals surface area contributed by atoms with Crippen molar-refractivity contribution in [2.75, 3.05) is 6.61 Å². The number of aromatic carboxylic acids is 1. The maximum Gasteiger partial charge on any atom is 0.336 e. The number of imidazole rings is 2. The Balaban J connectivity index is 1.58. The van der Waals surface area contributed by atoms with Crippen LogP contribution in [0.4, 0.5) is 0 Å². The van der Waals surface area contributed by atoms with Crippen LogP contribution in [0.1, 0.15) is 59.9 Å². The molecule has 0 aliphatic carbocycles. The normalized spacial score (nSPS) is 11.3. The van der Waals surface area contributed by atoms with Gasteiger partial charge in [-0.05, 0) is 67.5 Å². The quantitative estimate of drug-likeness (QED) is 0.168. The minimum atomic E-state index is -0.941. The molecule has 0 aliphatic heterocycles. The molecule has 0 radical (unpaired) electrons. The number of ether oxygens (including phenoxy) is 1. The monoisotopic (exact) mass is 536 g/mol. The minimum Gasteiger partial charge on any atom is -0.491 e. The number of aromatic nitrogens is 4.